The lowest BCUT2D eigenvalue weighted by molar-refractivity contribution is -0.116. The van der Waals surface area contributed by atoms with Gasteiger partial charge in [-0.2, -0.15) is 0 Å². The Labute approximate surface area is 120 Å². The van der Waals surface area contributed by atoms with Gasteiger partial charge in [0, 0.05) is 30.3 Å². The minimum Gasteiger partial charge on any atom is -0.508 e. The molecule has 1 aromatic rings. The molecule has 2 unspecified atom stereocenters. The first-order valence-electron chi connectivity index (χ1n) is 6.98. The maximum absolute atomic E-state index is 11.6. The van der Waals surface area contributed by atoms with Crippen LogP contribution in [0.25, 0.3) is 0 Å². The molecule has 4 N–H and O–H groups in total. The molecule has 0 aliphatic carbocycles. The summed E-state index contributed by atoms with van der Waals surface area (Å²) >= 11 is 0. The van der Waals surface area contributed by atoms with E-state index in [0.717, 1.165) is 6.42 Å². The topological polar surface area (TPSA) is 81.6 Å². The van der Waals surface area contributed by atoms with Gasteiger partial charge in [-0.15, -0.1) is 0 Å². The maximum atomic E-state index is 11.6. The first-order chi connectivity index (χ1) is 9.43. The van der Waals surface area contributed by atoms with E-state index in [2.05, 4.69) is 10.6 Å². The van der Waals surface area contributed by atoms with Gasteiger partial charge in [0.15, 0.2) is 0 Å². The average Bonchev–Trinajstić information content (AvgIpc) is 2.38. The van der Waals surface area contributed by atoms with E-state index < -0.39 is 6.10 Å². The summed E-state index contributed by atoms with van der Waals surface area (Å²) < 4.78 is 0. The molecule has 112 valence electrons. The zero-order valence-corrected chi connectivity index (χ0v) is 12.3. The van der Waals surface area contributed by atoms with Crippen molar-refractivity contribution in [3.63, 3.8) is 0 Å². The second-order valence-electron chi connectivity index (χ2n) is 5.05. The van der Waals surface area contributed by atoms with Gasteiger partial charge < -0.3 is 20.8 Å². The van der Waals surface area contributed by atoms with E-state index in [1.807, 2.05) is 13.8 Å². The molecule has 2 atom stereocenters. The van der Waals surface area contributed by atoms with Gasteiger partial charge in [-0.3, -0.25) is 4.79 Å². The van der Waals surface area contributed by atoms with E-state index in [4.69, 9.17) is 0 Å². The normalized spacial score (nSPS) is 13.8. The lowest BCUT2D eigenvalue weighted by atomic mass is 10.1. The van der Waals surface area contributed by atoms with Crippen LogP contribution in [-0.2, 0) is 4.79 Å². The van der Waals surface area contributed by atoms with E-state index >= 15 is 0 Å². The summed E-state index contributed by atoms with van der Waals surface area (Å²) in [4.78, 5) is 11.6. The Balaban J connectivity index is 2.77. The summed E-state index contributed by atoms with van der Waals surface area (Å²) in [6.07, 6.45) is 0.821. The van der Waals surface area contributed by atoms with E-state index in [-0.39, 0.29) is 17.7 Å². The van der Waals surface area contributed by atoms with Crippen molar-refractivity contribution in [3.05, 3.63) is 23.8 Å². The van der Waals surface area contributed by atoms with Crippen LogP contribution in [-0.4, -0.2) is 28.8 Å². The molecule has 0 bridgehead atoms. The third-order valence-corrected chi connectivity index (χ3v) is 2.97. The van der Waals surface area contributed by atoms with Crippen molar-refractivity contribution in [1.29, 1.82) is 0 Å². The highest BCUT2D eigenvalue weighted by molar-refractivity contribution is 5.90. The number of aliphatic hydroxyl groups is 1. The van der Waals surface area contributed by atoms with Crippen LogP contribution in [0.3, 0.4) is 0 Å². The van der Waals surface area contributed by atoms with Crippen LogP contribution >= 0.6 is 0 Å². The first-order valence-corrected chi connectivity index (χ1v) is 6.98. The highest BCUT2D eigenvalue weighted by atomic mass is 16.3. The van der Waals surface area contributed by atoms with E-state index in [1.165, 1.54) is 0 Å². The lowest BCUT2D eigenvalue weighted by Gasteiger charge is -2.18. The molecule has 1 aromatic carbocycles. The molecule has 1 rings (SSSR count). The number of carbonyl (C=O) groups excluding carboxylic acids is 1. The van der Waals surface area contributed by atoms with Crippen LogP contribution in [0.1, 0.15) is 45.2 Å². The molecule has 0 saturated heterocycles. The molecule has 0 heterocycles. The van der Waals surface area contributed by atoms with Gasteiger partial charge in [0.2, 0.25) is 5.91 Å². The molecule has 1 amide bonds. The summed E-state index contributed by atoms with van der Waals surface area (Å²) in [6, 6.07) is 4.88. The van der Waals surface area contributed by atoms with Gasteiger partial charge in [-0.05, 0) is 38.5 Å². The Morgan fingerprint density at radius 1 is 1.35 bits per heavy atom. The number of carbonyl (C=O) groups is 1. The smallest absolute Gasteiger partial charge is 0.224 e. The Morgan fingerprint density at radius 3 is 2.65 bits per heavy atom. The van der Waals surface area contributed by atoms with E-state index in [9.17, 15) is 15.0 Å². The maximum Gasteiger partial charge on any atom is 0.224 e. The minimum absolute atomic E-state index is 0.0336. The molecule has 20 heavy (non-hydrogen) atoms. The number of benzene rings is 1. The Kier molecular flexibility index (Phi) is 6.48. The highest BCUT2D eigenvalue weighted by Gasteiger charge is 2.12. The van der Waals surface area contributed by atoms with Crippen LogP contribution in [0.2, 0.25) is 0 Å². The van der Waals surface area contributed by atoms with Crippen LogP contribution < -0.4 is 10.6 Å². The number of hydrogen-bond acceptors (Lipinski definition) is 4. The quantitative estimate of drug-likeness (QED) is 0.577. The predicted molar refractivity (Wildman–Crippen MR) is 79.7 cm³/mol. The summed E-state index contributed by atoms with van der Waals surface area (Å²) in [6.45, 7) is 5.98. The van der Waals surface area contributed by atoms with Crippen molar-refractivity contribution in [3.8, 4) is 5.75 Å². The Morgan fingerprint density at radius 2 is 2.05 bits per heavy atom. The summed E-state index contributed by atoms with van der Waals surface area (Å²) in [5.74, 6) is 0.137. The van der Waals surface area contributed by atoms with Gasteiger partial charge >= 0.3 is 0 Å². The number of hydrogen-bond donors (Lipinski definition) is 4. The van der Waals surface area contributed by atoms with Crippen LogP contribution in [0.15, 0.2) is 18.2 Å². The Bertz CT molecular complexity index is 447. The zero-order valence-electron chi connectivity index (χ0n) is 12.3. The fraction of sp³-hybridized carbons (Fsp3) is 0.533. The second-order valence-corrected chi connectivity index (χ2v) is 5.05. The molecule has 0 aromatic heterocycles. The largest absolute Gasteiger partial charge is 0.508 e. The SMILES string of the molecule is CCCC(=O)Nc1ccc(O)c(C(C)NCC(C)O)c1. The lowest BCUT2D eigenvalue weighted by Crippen LogP contribution is -2.27. The third-order valence-electron chi connectivity index (χ3n) is 2.97. The number of aromatic hydroxyl groups is 1. The van der Waals surface area contributed by atoms with Crippen molar-refractivity contribution in [1.82, 2.24) is 5.32 Å². The minimum atomic E-state index is -0.452. The van der Waals surface area contributed by atoms with Crippen LogP contribution in [0.4, 0.5) is 5.69 Å². The van der Waals surface area contributed by atoms with E-state index in [1.54, 1.807) is 25.1 Å². The third kappa shape index (κ3) is 5.19. The molecular weight excluding hydrogens is 256 g/mol. The summed E-state index contributed by atoms with van der Waals surface area (Å²) in [5.41, 5.74) is 1.36. The molecule has 5 nitrogen and oxygen atoms in total. The number of anilines is 1. The number of nitrogens with one attached hydrogen (secondary N) is 2. The summed E-state index contributed by atoms with van der Waals surface area (Å²) in [7, 11) is 0. The molecule has 0 radical (unpaired) electrons. The fourth-order valence-electron chi connectivity index (χ4n) is 1.89. The average molecular weight is 280 g/mol. The molecule has 0 fully saturated rings. The van der Waals surface area contributed by atoms with Gasteiger partial charge in [0.25, 0.3) is 0 Å². The van der Waals surface area contributed by atoms with Crippen LogP contribution in [0, 0.1) is 0 Å². The number of amides is 1. The molecule has 5 heteroatoms. The van der Waals surface area contributed by atoms with Crippen molar-refractivity contribution in [2.24, 2.45) is 0 Å². The van der Waals surface area contributed by atoms with Crippen molar-refractivity contribution >= 4 is 11.6 Å². The highest BCUT2D eigenvalue weighted by Crippen LogP contribution is 2.27. The Hall–Kier alpha value is -1.59. The monoisotopic (exact) mass is 280 g/mol. The number of phenols is 1. The van der Waals surface area contributed by atoms with Gasteiger partial charge in [0.05, 0.1) is 6.10 Å². The van der Waals surface area contributed by atoms with Crippen molar-refractivity contribution in [2.75, 3.05) is 11.9 Å². The zero-order chi connectivity index (χ0) is 15.1. The van der Waals surface area contributed by atoms with Gasteiger partial charge in [0.1, 0.15) is 5.75 Å². The fourth-order valence-corrected chi connectivity index (χ4v) is 1.89. The van der Waals surface area contributed by atoms with Crippen molar-refractivity contribution < 1.29 is 15.0 Å². The number of aliphatic hydroxyl groups excluding tert-OH is 1. The standard InChI is InChI=1S/C15H24N2O3/c1-4-5-15(20)17-12-6-7-14(19)13(8-12)11(3)16-9-10(2)18/h6-8,10-11,16,18-19H,4-5,9H2,1-3H3,(H,17,20). The number of phenolic OH excluding ortho intramolecular Hbond substituents is 1. The molecule has 0 saturated carbocycles. The molecule has 0 spiro atoms. The molecular formula is C15H24N2O3. The van der Waals surface area contributed by atoms with Crippen molar-refractivity contribution in [2.45, 2.75) is 45.8 Å². The van der Waals surface area contributed by atoms with Crippen LogP contribution in [0.5, 0.6) is 5.75 Å². The molecule has 0 aliphatic heterocycles. The van der Waals surface area contributed by atoms with E-state index in [0.29, 0.717) is 24.2 Å². The summed E-state index contributed by atoms with van der Waals surface area (Å²) in [5, 5.41) is 25.1. The predicted octanol–water partition coefficient (Wildman–Crippen LogP) is 2.16. The molecule has 0 aliphatic rings. The van der Waals surface area contributed by atoms with Gasteiger partial charge in [-0.1, -0.05) is 6.92 Å². The second kappa shape index (κ2) is 7.87. The first kappa shape index (κ1) is 16.5. The van der Waals surface area contributed by atoms with Gasteiger partial charge in [-0.25, -0.2) is 0 Å². The number of rotatable bonds is 7.